The lowest BCUT2D eigenvalue weighted by Crippen LogP contribution is -2.35. The Morgan fingerprint density at radius 1 is 1.32 bits per heavy atom. The number of sulfonamides is 1. The molecule has 1 N–H and O–H groups in total. The van der Waals surface area contributed by atoms with Gasteiger partial charge in [-0.3, -0.25) is 9.30 Å². The minimum atomic E-state index is -3.12. The van der Waals surface area contributed by atoms with Gasteiger partial charge in [0.1, 0.15) is 0 Å². The normalized spacial score (nSPS) is 19.8. The van der Waals surface area contributed by atoms with Crippen molar-refractivity contribution >= 4 is 45.6 Å². The highest BCUT2D eigenvalue weighted by atomic mass is 127. The second-order valence-electron chi connectivity index (χ2n) is 5.39. The molecule has 1 saturated heterocycles. The Morgan fingerprint density at radius 2 is 2.14 bits per heavy atom. The van der Waals surface area contributed by atoms with E-state index in [4.69, 9.17) is 0 Å². The van der Waals surface area contributed by atoms with Gasteiger partial charge in [-0.1, -0.05) is 12.1 Å². The highest BCUT2D eigenvalue weighted by Crippen LogP contribution is 2.24. The van der Waals surface area contributed by atoms with Crippen LogP contribution in [0, 0.1) is 0 Å². The van der Waals surface area contributed by atoms with E-state index >= 15 is 0 Å². The molecule has 0 spiro atoms. The minimum Gasteiger partial charge on any atom is -0.352 e. The molecule has 0 amide bonds. The smallest absolute Gasteiger partial charge is 0.235 e. The summed E-state index contributed by atoms with van der Waals surface area (Å²) in [6, 6.07) is 7.69. The van der Waals surface area contributed by atoms with Crippen molar-refractivity contribution in [2.24, 2.45) is 4.99 Å². The van der Waals surface area contributed by atoms with Crippen LogP contribution in [0.3, 0.4) is 0 Å². The maximum absolute atomic E-state index is 12.0. The molecule has 6 nitrogen and oxygen atoms in total. The van der Waals surface area contributed by atoms with E-state index in [1.54, 1.807) is 0 Å². The van der Waals surface area contributed by atoms with Crippen molar-refractivity contribution in [3.05, 3.63) is 29.8 Å². The van der Waals surface area contributed by atoms with Crippen LogP contribution in [0.5, 0.6) is 0 Å². The Labute approximate surface area is 148 Å². The van der Waals surface area contributed by atoms with Gasteiger partial charge in [-0.25, -0.2) is 8.42 Å². The van der Waals surface area contributed by atoms with Gasteiger partial charge in [-0.15, -0.1) is 24.0 Å². The molecule has 122 valence electrons. The molecule has 0 unspecified atom stereocenters. The Bertz CT molecular complexity index is 663. The van der Waals surface area contributed by atoms with Crippen LogP contribution in [0.1, 0.15) is 12.0 Å². The maximum Gasteiger partial charge on any atom is 0.235 e. The minimum absolute atomic E-state index is 0. The topological polar surface area (TPSA) is 65.0 Å². The van der Waals surface area contributed by atoms with E-state index in [1.807, 2.05) is 31.3 Å². The Kier molecular flexibility index (Phi) is 5.54. The fourth-order valence-corrected chi connectivity index (χ4v) is 4.21. The van der Waals surface area contributed by atoms with Crippen LogP contribution in [-0.2, 0) is 16.6 Å². The van der Waals surface area contributed by atoms with Crippen molar-refractivity contribution < 1.29 is 8.42 Å². The number of rotatable bonds is 3. The first kappa shape index (κ1) is 17.3. The molecule has 0 bridgehead atoms. The van der Waals surface area contributed by atoms with Crippen LogP contribution in [0.25, 0.3) is 0 Å². The number of benzene rings is 1. The van der Waals surface area contributed by atoms with E-state index in [0.29, 0.717) is 19.5 Å². The molecular formula is C14H21IN4O2S. The Hall–Kier alpha value is -1.03. The van der Waals surface area contributed by atoms with Crippen LogP contribution < -0.4 is 9.62 Å². The fraction of sp³-hybridized carbons (Fsp3) is 0.500. The number of likely N-dealkylation sites (N-methyl/N-ethyl adjacent to an activating group) is 1. The predicted octanol–water partition coefficient (Wildman–Crippen LogP) is 1.24. The number of guanidine groups is 1. The Balaban J connectivity index is 0.00000176. The van der Waals surface area contributed by atoms with E-state index in [2.05, 4.69) is 15.2 Å². The summed E-state index contributed by atoms with van der Waals surface area (Å²) in [6.07, 6.45) is 0.701. The van der Waals surface area contributed by atoms with E-state index in [9.17, 15) is 8.42 Å². The van der Waals surface area contributed by atoms with Crippen molar-refractivity contribution in [2.45, 2.75) is 13.0 Å². The van der Waals surface area contributed by atoms with Gasteiger partial charge in [0.15, 0.2) is 5.96 Å². The van der Waals surface area contributed by atoms with Crippen molar-refractivity contribution in [1.29, 1.82) is 0 Å². The van der Waals surface area contributed by atoms with Crippen LogP contribution in [0.2, 0.25) is 0 Å². The number of nitrogens with one attached hydrogen (secondary N) is 1. The summed E-state index contributed by atoms with van der Waals surface area (Å²) in [5, 5.41) is 3.29. The third kappa shape index (κ3) is 3.65. The highest BCUT2D eigenvalue weighted by Gasteiger charge is 2.28. The first-order chi connectivity index (χ1) is 10.1. The monoisotopic (exact) mass is 436 g/mol. The SMILES string of the molecule is CN1CCN=C1NCc1cccc(N2CCCS2(=O)=O)c1.I. The molecule has 3 rings (SSSR count). The lowest BCUT2D eigenvalue weighted by Gasteiger charge is -2.19. The molecule has 2 heterocycles. The molecule has 0 radical (unpaired) electrons. The molecule has 1 aromatic rings. The highest BCUT2D eigenvalue weighted by molar-refractivity contribution is 14.0. The van der Waals surface area contributed by atoms with Gasteiger partial charge in [0.25, 0.3) is 0 Å². The Morgan fingerprint density at radius 3 is 2.77 bits per heavy atom. The summed E-state index contributed by atoms with van der Waals surface area (Å²) in [4.78, 5) is 6.46. The zero-order valence-corrected chi connectivity index (χ0v) is 15.7. The second-order valence-corrected chi connectivity index (χ2v) is 7.40. The van der Waals surface area contributed by atoms with Gasteiger partial charge < -0.3 is 10.2 Å². The van der Waals surface area contributed by atoms with Crippen LogP contribution in [0.15, 0.2) is 29.3 Å². The quantitative estimate of drug-likeness (QED) is 0.725. The molecule has 2 aliphatic heterocycles. The van der Waals surface area contributed by atoms with Gasteiger partial charge in [0.2, 0.25) is 10.0 Å². The average molecular weight is 436 g/mol. The lowest BCUT2D eigenvalue weighted by atomic mass is 10.2. The third-order valence-corrected chi connectivity index (χ3v) is 5.68. The summed E-state index contributed by atoms with van der Waals surface area (Å²) >= 11 is 0. The largest absolute Gasteiger partial charge is 0.352 e. The molecule has 22 heavy (non-hydrogen) atoms. The summed E-state index contributed by atoms with van der Waals surface area (Å²) in [5.41, 5.74) is 1.81. The molecule has 0 saturated carbocycles. The lowest BCUT2D eigenvalue weighted by molar-refractivity contribution is 0.534. The summed E-state index contributed by atoms with van der Waals surface area (Å²) in [7, 11) is -1.11. The number of halogens is 1. The van der Waals surface area contributed by atoms with Crippen molar-refractivity contribution in [2.75, 3.05) is 36.7 Å². The summed E-state index contributed by atoms with van der Waals surface area (Å²) in [6.45, 7) is 2.98. The van der Waals surface area contributed by atoms with Gasteiger partial charge in [-0.2, -0.15) is 0 Å². The second kappa shape index (κ2) is 7.03. The van der Waals surface area contributed by atoms with Gasteiger partial charge in [0, 0.05) is 26.7 Å². The molecular weight excluding hydrogens is 415 g/mol. The number of hydrogen-bond donors (Lipinski definition) is 1. The van der Waals surface area contributed by atoms with Crippen molar-refractivity contribution in [3.8, 4) is 0 Å². The number of aliphatic imine (C=N–C) groups is 1. The molecule has 2 aliphatic rings. The van der Waals surface area contributed by atoms with Crippen molar-refractivity contribution in [3.63, 3.8) is 0 Å². The number of nitrogens with zero attached hydrogens (tertiary/aromatic N) is 3. The van der Waals surface area contributed by atoms with Gasteiger partial charge >= 0.3 is 0 Å². The summed E-state index contributed by atoms with van der Waals surface area (Å²) in [5.74, 6) is 1.14. The van der Waals surface area contributed by atoms with Crippen LogP contribution in [0.4, 0.5) is 5.69 Å². The van der Waals surface area contributed by atoms with Gasteiger partial charge in [0.05, 0.1) is 18.0 Å². The molecule has 0 aromatic heterocycles. The number of hydrogen-bond acceptors (Lipinski definition) is 5. The first-order valence-electron chi connectivity index (χ1n) is 7.15. The van der Waals surface area contributed by atoms with E-state index in [-0.39, 0.29) is 29.7 Å². The fourth-order valence-electron chi connectivity index (χ4n) is 2.66. The van der Waals surface area contributed by atoms with Crippen LogP contribution >= 0.6 is 24.0 Å². The number of anilines is 1. The predicted molar refractivity (Wildman–Crippen MR) is 99.4 cm³/mol. The molecule has 0 aliphatic carbocycles. The van der Waals surface area contributed by atoms with E-state index in [0.717, 1.165) is 30.3 Å². The molecule has 0 atom stereocenters. The summed E-state index contributed by atoms with van der Waals surface area (Å²) < 4.78 is 25.4. The molecule has 8 heteroatoms. The first-order valence-corrected chi connectivity index (χ1v) is 8.76. The zero-order valence-electron chi connectivity index (χ0n) is 12.5. The van der Waals surface area contributed by atoms with E-state index in [1.165, 1.54) is 4.31 Å². The molecule has 1 fully saturated rings. The standard InChI is InChI=1S/C14H20N4O2S.HI/c1-17-8-6-15-14(17)16-11-12-4-2-5-13(10-12)18-7-3-9-21(18,19)20;/h2,4-5,10H,3,6-9,11H2,1H3,(H,15,16);1H. The van der Waals surface area contributed by atoms with Crippen LogP contribution in [-0.4, -0.2) is 51.7 Å². The van der Waals surface area contributed by atoms with Crippen molar-refractivity contribution in [1.82, 2.24) is 10.2 Å². The average Bonchev–Trinajstić information content (AvgIpc) is 3.02. The van der Waals surface area contributed by atoms with E-state index < -0.39 is 10.0 Å². The maximum atomic E-state index is 12.0. The zero-order chi connectivity index (χ0) is 14.9. The van der Waals surface area contributed by atoms with Gasteiger partial charge in [-0.05, 0) is 24.1 Å². The third-order valence-electron chi connectivity index (χ3n) is 3.81. The molecule has 1 aromatic carbocycles.